The van der Waals surface area contributed by atoms with Crippen LogP contribution in [0.15, 0.2) is 42.5 Å². The zero-order chi connectivity index (χ0) is 24.9. The van der Waals surface area contributed by atoms with Crippen LogP contribution >= 0.6 is 0 Å². The SMILES string of the molecule is COc1ccc2[nH]c3c(c2c1)CC1(C)C(=O)N(CCCCN(C)C)C(=O)N1C3c1cccc(O)c1. The molecule has 2 aliphatic heterocycles. The van der Waals surface area contributed by atoms with Crippen molar-refractivity contribution < 1.29 is 19.4 Å². The topological polar surface area (TPSA) is 89.1 Å². The van der Waals surface area contributed by atoms with Crippen LogP contribution in [0.1, 0.15) is 42.6 Å². The van der Waals surface area contributed by atoms with Gasteiger partial charge in [0.15, 0.2) is 0 Å². The normalized spacial score (nSPS) is 21.7. The van der Waals surface area contributed by atoms with Crippen LogP contribution in [0.25, 0.3) is 10.9 Å². The summed E-state index contributed by atoms with van der Waals surface area (Å²) in [7, 11) is 5.66. The molecule has 8 nitrogen and oxygen atoms in total. The molecule has 2 aromatic carbocycles. The maximum Gasteiger partial charge on any atom is 0.328 e. The van der Waals surface area contributed by atoms with Crippen LogP contribution in [0.2, 0.25) is 0 Å². The third-order valence-electron chi connectivity index (χ3n) is 7.30. The first-order chi connectivity index (χ1) is 16.7. The first-order valence-electron chi connectivity index (χ1n) is 12.0. The fourth-order valence-electron chi connectivity index (χ4n) is 5.56. The van der Waals surface area contributed by atoms with Gasteiger partial charge in [-0.15, -0.1) is 0 Å². The number of phenols is 1. The molecule has 3 heterocycles. The van der Waals surface area contributed by atoms with Crippen LogP contribution in [-0.4, -0.2) is 76.6 Å². The Balaban J connectivity index is 1.61. The van der Waals surface area contributed by atoms with E-state index in [0.29, 0.717) is 13.0 Å². The average molecular weight is 477 g/mol. The lowest BCUT2D eigenvalue weighted by Gasteiger charge is -2.42. The highest BCUT2D eigenvalue weighted by Gasteiger charge is 2.60. The number of ether oxygens (including phenoxy) is 1. The van der Waals surface area contributed by atoms with Crippen molar-refractivity contribution >= 4 is 22.8 Å². The van der Waals surface area contributed by atoms with E-state index < -0.39 is 11.6 Å². The number of urea groups is 1. The first kappa shape index (κ1) is 23.2. The second-order valence-electron chi connectivity index (χ2n) is 10.00. The molecule has 1 fully saturated rings. The molecule has 5 rings (SSSR count). The van der Waals surface area contributed by atoms with E-state index in [1.807, 2.05) is 45.3 Å². The van der Waals surface area contributed by atoms with Gasteiger partial charge in [-0.3, -0.25) is 14.6 Å². The van der Waals surface area contributed by atoms with Crippen molar-refractivity contribution in [1.82, 2.24) is 19.7 Å². The number of carbonyl (C=O) groups excluding carboxylic acids is 2. The molecular weight excluding hydrogens is 444 g/mol. The van der Waals surface area contributed by atoms with E-state index in [0.717, 1.165) is 52.9 Å². The van der Waals surface area contributed by atoms with Gasteiger partial charge in [0.05, 0.1) is 7.11 Å². The summed E-state index contributed by atoms with van der Waals surface area (Å²) in [6.45, 7) is 3.17. The molecular formula is C27H32N4O4. The van der Waals surface area contributed by atoms with Gasteiger partial charge in [0.2, 0.25) is 0 Å². The van der Waals surface area contributed by atoms with Gasteiger partial charge < -0.3 is 19.7 Å². The van der Waals surface area contributed by atoms with Gasteiger partial charge in [-0.1, -0.05) is 12.1 Å². The van der Waals surface area contributed by atoms with E-state index in [1.54, 1.807) is 30.2 Å². The zero-order valence-corrected chi connectivity index (χ0v) is 20.7. The zero-order valence-electron chi connectivity index (χ0n) is 20.7. The highest BCUT2D eigenvalue weighted by atomic mass is 16.5. The van der Waals surface area contributed by atoms with Crippen LogP contribution in [0, 0.1) is 0 Å². The number of aromatic nitrogens is 1. The maximum absolute atomic E-state index is 13.8. The molecule has 0 bridgehead atoms. The molecule has 0 radical (unpaired) electrons. The Morgan fingerprint density at radius 3 is 2.69 bits per heavy atom. The molecule has 2 atom stereocenters. The number of unbranched alkanes of at least 4 members (excludes halogenated alkanes) is 1. The molecule has 3 aromatic rings. The van der Waals surface area contributed by atoms with E-state index in [1.165, 1.54) is 4.90 Å². The Hall–Kier alpha value is -3.52. The summed E-state index contributed by atoms with van der Waals surface area (Å²) in [5, 5.41) is 11.2. The molecule has 2 unspecified atom stereocenters. The number of amides is 3. The quantitative estimate of drug-likeness (QED) is 0.399. The van der Waals surface area contributed by atoms with Gasteiger partial charge in [-0.25, -0.2) is 4.79 Å². The number of carbonyl (C=O) groups is 2. The number of fused-ring (bicyclic) bond motifs is 4. The molecule has 2 N–H and O–H groups in total. The number of hydrogen-bond donors (Lipinski definition) is 2. The number of imide groups is 1. The van der Waals surface area contributed by atoms with Gasteiger partial charge in [-0.05, 0) is 81.9 Å². The molecule has 3 amide bonds. The summed E-state index contributed by atoms with van der Waals surface area (Å²) in [6.07, 6.45) is 2.06. The van der Waals surface area contributed by atoms with E-state index in [2.05, 4.69) is 9.88 Å². The van der Waals surface area contributed by atoms with Gasteiger partial charge >= 0.3 is 6.03 Å². The number of nitrogens with one attached hydrogen (secondary N) is 1. The number of aromatic hydroxyl groups is 1. The molecule has 2 aliphatic rings. The summed E-state index contributed by atoms with van der Waals surface area (Å²) >= 11 is 0. The highest BCUT2D eigenvalue weighted by Crippen LogP contribution is 2.49. The summed E-state index contributed by atoms with van der Waals surface area (Å²) in [5.41, 5.74) is 2.52. The smallest absolute Gasteiger partial charge is 0.328 e. The van der Waals surface area contributed by atoms with Crippen LogP contribution < -0.4 is 4.74 Å². The first-order valence-corrected chi connectivity index (χ1v) is 12.0. The third kappa shape index (κ3) is 3.72. The number of rotatable bonds is 7. The Bertz CT molecular complexity index is 1300. The van der Waals surface area contributed by atoms with Crippen molar-refractivity contribution in [2.75, 3.05) is 34.3 Å². The van der Waals surface area contributed by atoms with Crippen molar-refractivity contribution in [3.63, 3.8) is 0 Å². The number of hydrogen-bond acceptors (Lipinski definition) is 5. The molecule has 1 saturated heterocycles. The number of methoxy groups -OCH3 is 1. The Morgan fingerprint density at radius 2 is 1.97 bits per heavy atom. The van der Waals surface area contributed by atoms with Crippen molar-refractivity contribution in [1.29, 1.82) is 0 Å². The number of aromatic amines is 1. The minimum Gasteiger partial charge on any atom is -0.508 e. The van der Waals surface area contributed by atoms with Gasteiger partial charge in [0.25, 0.3) is 5.91 Å². The Labute approximate surface area is 205 Å². The van der Waals surface area contributed by atoms with Crippen LogP contribution in [0.5, 0.6) is 11.5 Å². The number of benzene rings is 2. The number of phenolic OH excluding ortho intramolecular Hbond substituents is 1. The molecule has 0 saturated carbocycles. The van der Waals surface area contributed by atoms with Crippen molar-refractivity contribution in [2.24, 2.45) is 0 Å². The second-order valence-corrected chi connectivity index (χ2v) is 10.00. The Kier molecular flexibility index (Phi) is 5.71. The second kappa shape index (κ2) is 8.61. The molecule has 35 heavy (non-hydrogen) atoms. The fourth-order valence-corrected chi connectivity index (χ4v) is 5.56. The van der Waals surface area contributed by atoms with E-state index in [4.69, 9.17) is 4.74 Å². The van der Waals surface area contributed by atoms with E-state index >= 15 is 0 Å². The minimum atomic E-state index is -1.03. The summed E-state index contributed by atoms with van der Waals surface area (Å²) in [6, 6.07) is 12.0. The van der Waals surface area contributed by atoms with Crippen molar-refractivity contribution in [3.05, 3.63) is 59.3 Å². The predicted molar refractivity (Wildman–Crippen MR) is 134 cm³/mol. The largest absolute Gasteiger partial charge is 0.508 e. The van der Waals surface area contributed by atoms with Gasteiger partial charge in [0, 0.05) is 29.6 Å². The number of nitrogens with zero attached hydrogens (tertiary/aromatic N) is 3. The summed E-state index contributed by atoms with van der Waals surface area (Å²) < 4.78 is 5.46. The lowest BCUT2D eigenvalue weighted by molar-refractivity contribution is -0.133. The monoisotopic (exact) mass is 476 g/mol. The molecule has 0 spiro atoms. The Morgan fingerprint density at radius 1 is 1.17 bits per heavy atom. The lowest BCUT2D eigenvalue weighted by Crippen LogP contribution is -2.53. The third-order valence-corrected chi connectivity index (χ3v) is 7.30. The molecule has 184 valence electrons. The maximum atomic E-state index is 13.8. The van der Waals surface area contributed by atoms with Crippen molar-refractivity contribution in [3.8, 4) is 11.5 Å². The molecule has 0 aliphatic carbocycles. The standard InChI is InChI=1S/C27H32N4O4/c1-27-16-21-20-15-19(35-4)10-11-22(20)28-23(21)24(17-8-7-9-18(32)14-17)31(27)26(34)30(25(27)33)13-6-5-12-29(2)3/h7-11,14-15,24,28,32H,5-6,12-13,16H2,1-4H3. The molecule has 1 aromatic heterocycles. The van der Waals surface area contributed by atoms with Crippen LogP contribution in [-0.2, 0) is 11.2 Å². The summed E-state index contributed by atoms with van der Waals surface area (Å²) in [4.78, 5) is 36.3. The predicted octanol–water partition coefficient (Wildman–Crippen LogP) is 3.89. The van der Waals surface area contributed by atoms with Crippen molar-refractivity contribution in [2.45, 2.75) is 37.8 Å². The van der Waals surface area contributed by atoms with E-state index in [9.17, 15) is 14.7 Å². The minimum absolute atomic E-state index is 0.118. The lowest BCUT2D eigenvalue weighted by atomic mass is 9.81. The average Bonchev–Trinajstić information content (AvgIpc) is 3.27. The van der Waals surface area contributed by atoms with Crippen LogP contribution in [0.4, 0.5) is 4.79 Å². The van der Waals surface area contributed by atoms with E-state index in [-0.39, 0.29) is 17.7 Å². The van der Waals surface area contributed by atoms with Gasteiger partial charge in [-0.2, -0.15) is 0 Å². The fraction of sp³-hybridized carbons (Fsp3) is 0.407. The van der Waals surface area contributed by atoms with Gasteiger partial charge in [0.1, 0.15) is 23.1 Å². The number of H-pyrrole nitrogens is 1. The highest BCUT2D eigenvalue weighted by molar-refractivity contribution is 6.08. The molecule has 8 heteroatoms. The summed E-state index contributed by atoms with van der Waals surface area (Å²) in [5.74, 6) is 0.685. The van der Waals surface area contributed by atoms with Crippen LogP contribution in [0.3, 0.4) is 0 Å².